The van der Waals surface area contributed by atoms with Crippen LogP contribution >= 0.6 is 12.4 Å². The van der Waals surface area contributed by atoms with Gasteiger partial charge in [0.2, 0.25) is 0 Å². The molecule has 0 N–H and O–H groups in total. The maximum atomic E-state index is 2.17. The van der Waals surface area contributed by atoms with Crippen LogP contribution < -0.4 is 0 Å². The van der Waals surface area contributed by atoms with E-state index in [4.69, 9.17) is 0 Å². The van der Waals surface area contributed by atoms with Gasteiger partial charge in [0.1, 0.15) is 0 Å². The van der Waals surface area contributed by atoms with E-state index in [0.717, 1.165) is 0 Å². The van der Waals surface area contributed by atoms with Crippen LogP contribution in [0, 0.1) is 6.42 Å². The zero-order valence-electron chi connectivity index (χ0n) is 8.26. The molecule has 0 aromatic heterocycles. The average Bonchev–Trinajstić information content (AvgIpc) is 2.21. The van der Waals surface area contributed by atoms with Gasteiger partial charge in [-0.25, -0.2) is 0 Å². The van der Waals surface area contributed by atoms with Gasteiger partial charge in [-0.2, -0.15) is 0 Å². The maximum absolute atomic E-state index is 2.17. The predicted octanol–water partition coefficient (Wildman–Crippen LogP) is 3.71. The molecule has 2 heteroatoms. The van der Waals surface area contributed by atoms with Gasteiger partial charge >= 0.3 is 0 Å². The number of hydrogen-bond acceptors (Lipinski definition) is 0. The summed E-state index contributed by atoms with van der Waals surface area (Å²) in [4.78, 5) is 0. The second-order valence-electron chi connectivity index (χ2n) is 2.97. The van der Waals surface area contributed by atoms with Crippen LogP contribution in [-0.4, -0.2) is 0 Å². The Hall–Kier alpha value is -0.686. The largest absolute Gasteiger partial charge is 0.147 e. The van der Waals surface area contributed by atoms with Gasteiger partial charge in [-0.15, -0.1) is 54.2 Å². The maximum Gasteiger partial charge on any atom is 0 e. The summed E-state index contributed by atoms with van der Waals surface area (Å²) >= 11 is 0. The molecule has 0 amide bonds. The second-order valence-corrected chi connectivity index (χ2v) is 2.97. The van der Waals surface area contributed by atoms with Gasteiger partial charge < -0.3 is 0 Å². The van der Waals surface area contributed by atoms with Crippen LogP contribution in [0.25, 0.3) is 0 Å². The molecule has 0 nitrogen and oxygen atoms in total. The van der Waals surface area contributed by atoms with Crippen molar-refractivity contribution in [2.75, 3.05) is 0 Å². The van der Waals surface area contributed by atoms with Crippen LogP contribution in [0.3, 0.4) is 0 Å². The molecule has 0 bridgehead atoms. The molecule has 2 aromatic carbocycles. The quantitative estimate of drug-likeness (QED) is 0.564. The molecule has 15 heavy (non-hydrogen) atoms. The third kappa shape index (κ3) is 4.57. The molecule has 0 aliphatic rings. The zero-order chi connectivity index (χ0) is 8.93. The number of halogens is 1. The Morgan fingerprint density at radius 3 is 1.27 bits per heavy atom. The Balaban J connectivity index is 0.000000980. The van der Waals surface area contributed by atoms with E-state index in [1.807, 2.05) is 12.1 Å². The first-order valence-corrected chi connectivity index (χ1v) is 4.40. The summed E-state index contributed by atoms with van der Waals surface area (Å²) in [6, 6.07) is 20.7. The molecule has 0 saturated carbocycles. The first-order valence-electron chi connectivity index (χ1n) is 4.40. The van der Waals surface area contributed by atoms with E-state index in [1.165, 1.54) is 11.1 Å². The first kappa shape index (κ1) is 14.3. The standard InChI is InChI=1S/C13H11.ClH.Ti/c1-3-7-12(8-4-1)11-13-9-5-2-6-10-13;;/h1-11H;1H;/q-1;;. The number of hydrogen-bond donors (Lipinski definition) is 0. The topological polar surface area (TPSA) is 0 Å². The summed E-state index contributed by atoms with van der Waals surface area (Å²) in [6.07, 6.45) is 2.17. The van der Waals surface area contributed by atoms with E-state index >= 15 is 0 Å². The molecular weight excluding hydrogens is 239 g/mol. The molecular formula is C13H12ClTi-. The summed E-state index contributed by atoms with van der Waals surface area (Å²) in [5, 5.41) is 0. The summed E-state index contributed by atoms with van der Waals surface area (Å²) < 4.78 is 0. The van der Waals surface area contributed by atoms with Crippen molar-refractivity contribution in [3.63, 3.8) is 0 Å². The van der Waals surface area contributed by atoms with Crippen molar-refractivity contribution >= 4 is 12.4 Å². The molecule has 0 atom stereocenters. The Morgan fingerprint density at radius 1 is 0.600 bits per heavy atom. The molecule has 0 fully saturated rings. The normalized spacial score (nSPS) is 8.27. The van der Waals surface area contributed by atoms with Crippen LogP contribution in [0.2, 0.25) is 0 Å². The molecule has 0 unspecified atom stereocenters. The summed E-state index contributed by atoms with van der Waals surface area (Å²) in [5.41, 5.74) is 2.49. The van der Waals surface area contributed by atoms with E-state index in [0.29, 0.717) is 0 Å². The van der Waals surface area contributed by atoms with Crippen molar-refractivity contribution in [3.8, 4) is 0 Å². The van der Waals surface area contributed by atoms with Crippen LogP contribution in [0.1, 0.15) is 11.1 Å². The zero-order valence-corrected chi connectivity index (χ0v) is 10.6. The van der Waals surface area contributed by atoms with Crippen molar-refractivity contribution in [1.82, 2.24) is 0 Å². The van der Waals surface area contributed by atoms with Gasteiger partial charge in [0.05, 0.1) is 0 Å². The van der Waals surface area contributed by atoms with Crippen LogP contribution in [0.5, 0.6) is 0 Å². The Morgan fingerprint density at radius 2 is 0.933 bits per heavy atom. The van der Waals surface area contributed by atoms with Gasteiger partial charge in [-0.05, 0) is 0 Å². The molecule has 2 rings (SSSR count). The van der Waals surface area contributed by atoms with Crippen molar-refractivity contribution in [1.29, 1.82) is 0 Å². The summed E-state index contributed by atoms with van der Waals surface area (Å²) in [7, 11) is 0. The fraction of sp³-hybridized carbons (Fsp3) is 0. The van der Waals surface area contributed by atoms with Crippen molar-refractivity contribution in [3.05, 3.63) is 78.2 Å². The van der Waals surface area contributed by atoms with Crippen LogP contribution in [-0.2, 0) is 21.7 Å². The first-order chi connectivity index (χ1) is 6.45. The minimum atomic E-state index is 0. The third-order valence-electron chi connectivity index (χ3n) is 1.93. The van der Waals surface area contributed by atoms with Crippen LogP contribution in [0.15, 0.2) is 60.7 Å². The second kappa shape index (κ2) is 7.59. The summed E-state index contributed by atoms with van der Waals surface area (Å²) in [6.45, 7) is 0. The molecule has 76 valence electrons. The van der Waals surface area contributed by atoms with E-state index in [1.54, 1.807) is 0 Å². The van der Waals surface area contributed by atoms with E-state index in [2.05, 4.69) is 55.0 Å². The number of benzene rings is 2. The summed E-state index contributed by atoms with van der Waals surface area (Å²) in [5.74, 6) is 0. The van der Waals surface area contributed by atoms with Gasteiger partial charge in [0, 0.05) is 21.7 Å². The van der Waals surface area contributed by atoms with Crippen molar-refractivity contribution in [2.45, 2.75) is 0 Å². The van der Waals surface area contributed by atoms with Gasteiger partial charge in [-0.3, -0.25) is 0 Å². The SMILES string of the molecule is Cl.[Ti].c1ccc([CH-]c2ccccc2)cc1. The fourth-order valence-corrected chi connectivity index (χ4v) is 1.29. The molecule has 0 aliphatic carbocycles. The smallest absolute Gasteiger partial charge is 0 e. The predicted molar refractivity (Wildman–Crippen MR) is 62.6 cm³/mol. The van der Waals surface area contributed by atoms with Crippen molar-refractivity contribution in [2.24, 2.45) is 0 Å². The fourth-order valence-electron chi connectivity index (χ4n) is 1.29. The van der Waals surface area contributed by atoms with Gasteiger partial charge in [-0.1, -0.05) is 36.4 Å². The van der Waals surface area contributed by atoms with Crippen LogP contribution in [0.4, 0.5) is 0 Å². The Kier molecular flexibility index (Phi) is 7.24. The van der Waals surface area contributed by atoms with Crippen molar-refractivity contribution < 1.29 is 21.7 Å². The van der Waals surface area contributed by atoms with E-state index in [-0.39, 0.29) is 34.1 Å². The minimum absolute atomic E-state index is 0. The Labute approximate surface area is 112 Å². The molecule has 0 heterocycles. The average molecular weight is 252 g/mol. The molecule has 0 radical (unpaired) electrons. The molecule has 0 saturated heterocycles. The molecule has 2 aromatic rings. The van der Waals surface area contributed by atoms with Gasteiger partial charge in [0.15, 0.2) is 0 Å². The van der Waals surface area contributed by atoms with Gasteiger partial charge in [0.25, 0.3) is 0 Å². The number of rotatable bonds is 2. The van der Waals surface area contributed by atoms with E-state index < -0.39 is 0 Å². The third-order valence-corrected chi connectivity index (χ3v) is 1.93. The monoisotopic (exact) mass is 251 g/mol. The Bertz CT molecular complexity index is 321. The molecule has 0 spiro atoms. The molecule has 0 aliphatic heterocycles. The van der Waals surface area contributed by atoms with E-state index in [9.17, 15) is 0 Å². The minimum Gasteiger partial charge on any atom is -0.147 e.